The fourth-order valence-electron chi connectivity index (χ4n) is 4.02. The van der Waals surface area contributed by atoms with Crippen LogP contribution in [0.4, 0.5) is 0 Å². The first-order valence-electron chi connectivity index (χ1n) is 11.1. The van der Waals surface area contributed by atoms with Gasteiger partial charge < -0.3 is 5.32 Å². The number of aryl methyl sites for hydroxylation is 3. The summed E-state index contributed by atoms with van der Waals surface area (Å²) in [6.45, 7) is 6.27. The van der Waals surface area contributed by atoms with Gasteiger partial charge >= 0.3 is 0 Å². The van der Waals surface area contributed by atoms with Crippen LogP contribution in [-0.4, -0.2) is 21.5 Å². The third-order valence-corrected chi connectivity index (χ3v) is 5.66. The number of nitrogens with zero attached hydrogens (tertiary/aromatic N) is 2. The smallest absolute Gasteiger partial charge is 0.270 e. The van der Waals surface area contributed by atoms with Crippen LogP contribution in [0.1, 0.15) is 40.5 Å². The minimum Gasteiger partial charge on any atom is -0.348 e. The molecule has 32 heavy (non-hydrogen) atoms. The van der Waals surface area contributed by atoms with Crippen molar-refractivity contribution < 1.29 is 4.79 Å². The van der Waals surface area contributed by atoms with Crippen molar-refractivity contribution in [2.75, 3.05) is 0 Å². The maximum absolute atomic E-state index is 12.9. The van der Waals surface area contributed by atoms with Crippen LogP contribution in [-0.2, 0) is 6.42 Å². The van der Waals surface area contributed by atoms with E-state index in [4.69, 9.17) is 0 Å². The summed E-state index contributed by atoms with van der Waals surface area (Å²) in [5.74, 6) is -0.110. The van der Waals surface area contributed by atoms with Crippen molar-refractivity contribution in [2.45, 2.75) is 39.7 Å². The number of nitrogens with one attached hydrogen (secondary N) is 1. The summed E-state index contributed by atoms with van der Waals surface area (Å²) < 4.78 is 1.84. The van der Waals surface area contributed by atoms with Crippen LogP contribution >= 0.6 is 0 Å². The zero-order valence-electron chi connectivity index (χ0n) is 18.9. The lowest BCUT2D eigenvalue weighted by atomic mass is 10.0. The molecule has 4 nitrogen and oxygen atoms in total. The largest absolute Gasteiger partial charge is 0.348 e. The quantitative estimate of drug-likeness (QED) is 0.402. The van der Waals surface area contributed by atoms with Crippen LogP contribution in [0.3, 0.4) is 0 Å². The predicted octanol–water partition coefficient (Wildman–Crippen LogP) is 5.91. The second-order valence-corrected chi connectivity index (χ2v) is 8.47. The molecule has 162 valence electrons. The lowest BCUT2D eigenvalue weighted by Gasteiger charge is -2.15. The highest BCUT2D eigenvalue weighted by atomic mass is 16.2. The van der Waals surface area contributed by atoms with E-state index in [1.54, 1.807) is 12.5 Å². The number of benzene rings is 3. The topological polar surface area (TPSA) is 46.9 Å². The molecule has 1 amide bonds. The van der Waals surface area contributed by atoms with E-state index in [9.17, 15) is 4.79 Å². The van der Waals surface area contributed by atoms with Crippen LogP contribution in [0.5, 0.6) is 0 Å². The van der Waals surface area contributed by atoms with Gasteiger partial charge in [-0.15, -0.1) is 0 Å². The van der Waals surface area contributed by atoms with Gasteiger partial charge in [0.15, 0.2) is 0 Å². The summed E-state index contributed by atoms with van der Waals surface area (Å²) in [5, 5.41) is 3.11. The van der Waals surface area contributed by atoms with Crippen molar-refractivity contribution >= 4 is 5.91 Å². The number of rotatable bonds is 7. The number of carbonyl (C=O) groups is 1. The second kappa shape index (κ2) is 9.65. The Bertz CT molecular complexity index is 1170. The molecule has 1 heterocycles. The Morgan fingerprint density at radius 3 is 2.31 bits per heavy atom. The first kappa shape index (κ1) is 21.6. The van der Waals surface area contributed by atoms with Crippen LogP contribution < -0.4 is 5.32 Å². The molecular formula is C28H29N3O. The van der Waals surface area contributed by atoms with Crippen molar-refractivity contribution in [3.8, 4) is 16.8 Å². The second-order valence-electron chi connectivity index (χ2n) is 8.47. The standard InChI is InChI=1S/C28H29N3O/c1-20-15-21(2)17-25(16-20)24-11-13-26(14-12-24)31-19-29-18-27(31)28(32)30-22(3)9-10-23-7-5-4-6-8-23/h4-8,11-19,22H,9-10H2,1-3H3,(H,30,32)/t22-/m0/s1. The van der Waals surface area contributed by atoms with Crippen LogP contribution in [0.25, 0.3) is 16.8 Å². The van der Waals surface area contributed by atoms with Gasteiger partial charge in [0, 0.05) is 11.7 Å². The van der Waals surface area contributed by atoms with Crippen LogP contribution in [0.15, 0.2) is 85.3 Å². The number of imidazole rings is 1. The third kappa shape index (κ3) is 5.14. The van der Waals surface area contributed by atoms with Gasteiger partial charge in [-0.3, -0.25) is 9.36 Å². The third-order valence-electron chi connectivity index (χ3n) is 5.66. The van der Waals surface area contributed by atoms with E-state index in [0.29, 0.717) is 5.69 Å². The molecule has 0 aliphatic rings. The monoisotopic (exact) mass is 423 g/mol. The zero-order valence-corrected chi connectivity index (χ0v) is 18.9. The molecule has 0 spiro atoms. The van der Waals surface area contributed by atoms with E-state index in [-0.39, 0.29) is 11.9 Å². The lowest BCUT2D eigenvalue weighted by molar-refractivity contribution is 0.0931. The molecule has 1 aromatic heterocycles. The summed E-state index contributed by atoms with van der Waals surface area (Å²) in [6, 6.07) is 25.2. The van der Waals surface area contributed by atoms with Gasteiger partial charge in [-0.2, -0.15) is 0 Å². The van der Waals surface area contributed by atoms with Gasteiger partial charge in [0.05, 0.1) is 12.5 Å². The Labute approximate surface area is 190 Å². The lowest BCUT2D eigenvalue weighted by Crippen LogP contribution is -2.34. The van der Waals surface area contributed by atoms with E-state index in [1.165, 1.54) is 22.3 Å². The fourth-order valence-corrected chi connectivity index (χ4v) is 4.02. The van der Waals surface area contributed by atoms with Gasteiger partial charge in [0.2, 0.25) is 0 Å². The molecule has 0 saturated carbocycles. The van der Waals surface area contributed by atoms with E-state index >= 15 is 0 Å². The number of carbonyl (C=O) groups excluding carboxylic acids is 1. The highest BCUT2D eigenvalue weighted by molar-refractivity contribution is 5.93. The normalized spacial score (nSPS) is 11.8. The minimum atomic E-state index is -0.110. The molecule has 3 aromatic carbocycles. The van der Waals surface area contributed by atoms with E-state index in [1.807, 2.05) is 41.8 Å². The highest BCUT2D eigenvalue weighted by Gasteiger charge is 2.15. The Morgan fingerprint density at radius 1 is 0.938 bits per heavy atom. The molecule has 0 aliphatic carbocycles. The molecule has 0 aliphatic heterocycles. The Kier molecular flexibility index (Phi) is 6.50. The first-order valence-corrected chi connectivity index (χ1v) is 11.1. The van der Waals surface area contributed by atoms with Crippen molar-refractivity contribution in [2.24, 2.45) is 0 Å². The van der Waals surface area contributed by atoms with Crippen LogP contribution in [0.2, 0.25) is 0 Å². The molecule has 1 N–H and O–H groups in total. The number of aromatic nitrogens is 2. The number of hydrogen-bond acceptors (Lipinski definition) is 2. The average molecular weight is 424 g/mol. The zero-order chi connectivity index (χ0) is 22.5. The molecule has 0 bridgehead atoms. The molecule has 0 radical (unpaired) electrons. The van der Waals surface area contributed by atoms with Crippen LogP contribution in [0, 0.1) is 13.8 Å². The van der Waals surface area contributed by atoms with E-state index in [0.717, 1.165) is 24.1 Å². The molecular weight excluding hydrogens is 394 g/mol. The van der Waals surface area contributed by atoms with Gasteiger partial charge in [0.1, 0.15) is 5.69 Å². The Morgan fingerprint density at radius 2 is 1.62 bits per heavy atom. The average Bonchev–Trinajstić information content (AvgIpc) is 3.28. The maximum Gasteiger partial charge on any atom is 0.270 e. The highest BCUT2D eigenvalue weighted by Crippen LogP contribution is 2.24. The molecule has 0 saturated heterocycles. The molecule has 0 unspecified atom stereocenters. The molecule has 4 aromatic rings. The van der Waals surface area contributed by atoms with Crippen molar-refractivity contribution in [3.63, 3.8) is 0 Å². The van der Waals surface area contributed by atoms with E-state index < -0.39 is 0 Å². The van der Waals surface area contributed by atoms with Crippen molar-refractivity contribution in [1.82, 2.24) is 14.9 Å². The summed E-state index contributed by atoms with van der Waals surface area (Å²) in [4.78, 5) is 17.1. The molecule has 4 rings (SSSR count). The SMILES string of the molecule is Cc1cc(C)cc(-c2ccc(-n3cncc3C(=O)N[C@@H](C)CCc3ccccc3)cc2)c1. The molecule has 4 heteroatoms. The van der Waals surface area contributed by atoms with E-state index in [2.05, 4.69) is 66.6 Å². The molecule has 0 fully saturated rings. The Balaban J connectivity index is 1.45. The summed E-state index contributed by atoms with van der Waals surface area (Å²) in [5.41, 5.74) is 7.58. The van der Waals surface area contributed by atoms with Crippen molar-refractivity contribution in [1.29, 1.82) is 0 Å². The number of amides is 1. The summed E-state index contributed by atoms with van der Waals surface area (Å²) in [6.07, 6.45) is 5.13. The predicted molar refractivity (Wildman–Crippen MR) is 130 cm³/mol. The van der Waals surface area contributed by atoms with Gasteiger partial charge in [-0.05, 0) is 62.4 Å². The molecule has 1 atom stereocenters. The van der Waals surface area contributed by atoms with Gasteiger partial charge in [0.25, 0.3) is 5.91 Å². The van der Waals surface area contributed by atoms with Crippen molar-refractivity contribution in [3.05, 3.63) is 108 Å². The summed E-state index contributed by atoms with van der Waals surface area (Å²) in [7, 11) is 0. The maximum atomic E-state index is 12.9. The van der Waals surface area contributed by atoms with Gasteiger partial charge in [-0.1, -0.05) is 71.8 Å². The minimum absolute atomic E-state index is 0.0676. The number of hydrogen-bond donors (Lipinski definition) is 1. The first-order chi connectivity index (χ1) is 15.5. The fraction of sp³-hybridized carbons (Fsp3) is 0.214. The Hall–Kier alpha value is -3.66. The van der Waals surface area contributed by atoms with Gasteiger partial charge in [-0.25, -0.2) is 4.98 Å². The summed E-state index contributed by atoms with van der Waals surface area (Å²) >= 11 is 0.